The van der Waals surface area contributed by atoms with Gasteiger partial charge in [-0.25, -0.2) is 14.5 Å². The van der Waals surface area contributed by atoms with Crippen molar-refractivity contribution in [3.63, 3.8) is 0 Å². The summed E-state index contributed by atoms with van der Waals surface area (Å²) >= 11 is 0. The summed E-state index contributed by atoms with van der Waals surface area (Å²) in [4.78, 5) is 41.8. The average Bonchev–Trinajstić information content (AvgIpc) is 3.27. The van der Waals surface area contributed by atoms with E-state index in [1.54, 1.807) is 18.3 Å². The number of rotatable bonds is 7. The summed E-state index contributed by atoms with van der Waals surface area (Å²) in [5.41, 5.74) is 7.75. The van der Waals surface area contributed by atoms with Crippen LogP contribution in [0.1, 0.15) is 27.2 Å². The number of hydrogen-bond acceptors (Lipinski definition) is 6. The molecule has 0 bridgehead atoms. The zero-order valence-corrected chi connectivity index (χ0v) is 18.2. The lowest BCUT2D eigenvalue weighted by molar-refractivity contribution is -0.127. The summed E-state index contributed by atoms with van der Waals surface area (Å²) in [6.45, 7) is 0.532. The molecule has 34 heavy (non-hydrogen) atoms. The van der Waals surface area contributed by atoms with Crippen LogP contribution in [0.3, 0.4) is 0 Å². The normalized spacial score (nSPS) is 14.7. The summed E-state index contributed by atoms with van der Waals surface area (Å²) in [5, 5.41) is 26.8. The minimum absolute atomic E-state index is 0.173. The first-order valence-electron chi connectivity index (χ1n) is 10.7. The van der Waals surface area contributed by atoms with Gasteiger partial charge < -0.3 is 26.2 Å². The van der Waals surface area contributed by atoms with Gasteiger partial charge in [-0.1, -0.05) is 30.3 Å². The molecule has 0 spiro atoms. The van der Waals surface area contributed by atoms with Crippen molar-refractivity contribution in [3.05, 3.63) is 77.2 Å². The number of amides is 3. The molecule has 2 aromatic heterocycles. The third-order valence-corrected chi connectivity index (χ3v) is 5.66. The molecule has 3 heterocycles. The van der Waals surface area contributed by atoms with Crippen molar-refractivity contribution >= 4 is 17.9 Å². The first-order chi connectivity index (χ1) is 16.3. The number of pyridine rings is 1. The summed E-state index contributed by atoms with van der Waals surface area (Å²) in [7, 11) is 0. The molecule has 5 N–H and O–H groups in total. The molecule has 0 fully saturated rings. The van der Waals surface area contributed by atoms with E-state index in [2.05, 4.69) is 15.4 Å². The Morgan fingerprint density at radius 2 is 1.91 bits per heavy atom. The monoisotopic (exact) mass is 464 g/mol. The van der Waals surface area contributed by atoms with Gasteiger partial charge in [0.2, 0.25) is 5.91 Å². The van der Waals surface area contributed by atoms with Crippen molar-refractivity contribution in [1.82, 2.24) is 25.0 Å². The lowest BCUT2D eigenvalue weighted by atomic mass is 10.0. The summed E-state index contributed by atoms with van der Waals surface area (Å²) < 4.78 is 1.45. The maximum absolute atomic E-state index is 13.2. The fourth-order valence-corrected chi connectivity index (χ4v) is 3.90. The number of carboxylic acid groups (broad SMARTS) is 1. The molecular formula is C23H24N6O5. The van der Waals surface area contributed by atoms with Gasteiger partial charge in [0.25, 0.3) is 5.91 Å². The van der Waals surface area contributed by atoms with Gasteiger partial charge in [-0.05, 0) is 24.1 Å². The second-order valence-corrected chi connectivity index (χ2v) is 7.99. The Balaban J connectivity index is 1.60. The average molecular weight is 464 g/mol. The van der Waals surface area contributed by atoms with E-state index < -0.39 is 30.1 Å². The highest BCUT2D eigenvalue weighted by Gasteiger charge is 2.28. The van der Waals surface area contributed by atoms with Gasteiger partial charge in [0.1, 0.15) is 0 Å². The predicted octanol–water partition coefficient (Wildman–Crippen LogP) is 0.491. The van der Waals surface area contributed by atoms with E-state index >= 15 is 0 Å². The van der Waals surface area contributed by atoms with Crippen LogP contribution in [0.5, 0.6) is 0 Å². The highest BCUT2D eigenvalue weighted by Crippen LogP contribution is 2.21. The third kappa shape index (κ3) is 4.89. The molecule has 1 aromatic carbocycles. The fraction of sp³-hybridized carbons (Fsp3) is 0.261. The summed E-state index contributed by atoms with van der Waals surface area (Å²) in [6, 6.07) is 11.3. The Hall–Kier alpha value is -4.25. The van der Waals surface area contributed by atoms with Crippen LogP contribution in [0.25, 0.3) is 5.82 Å². The standard InChI is InChI=1S/C23H24N6O5/c24-20(31)19(30)18(11-14-5-2-1-3-6-14)26-22(32)16-7-4-9-25-21(16)29-13-15-12-28(23(33)34)10-8-17(15)27-29/h1-7,9,13,18-19,30H,8,10-12H2,(H2,24,31)(H,26,32)(H,33,34). The maximum atomic E-state index is 13.2. The Kier molecular flexibility index (Phi) is 6.55. The van der Waals surface area contributed by atoms with E-state index in [0.29, 0.717) is 13.0 Å². The minimum atomic E-state index is -1.59. The van der Waals surface area contributed by atoms with Gasteiger partial charge in [0.05, 0.1) is 23.8 Å². The molecule has 0 aliphatic carbocycles. The first kappa shape index (κ1) is 22.9. The molecule has 11 heteroatoms. The number of primary amides is 1. The van der Waals surface area contributed by atoms with Crippen LogP contribution in [0.15, 0.2) is 54.9 Å². The second kappa shape index (κ2) is 9.71. The molecular weight excluding hydrogens is 440 g/mol. The van der Waals surface area contributed by atoms with Crippen molar-refractivity contribution in [2.45, 2.75) is 31.5 Å². The molecule has 2 unspecified atom stereocenters. The Labute approximate surface area is 194 Å². The number of aromatic nitrogens is 3. The number of nitrogens with zero attached hydrogens (tertiary/aromatic N) is 4. The van der Waals surface area contributed by atoms with Crippen LogP contribution >= 0.6 is 0 Å². The van der Waals surface area contributed by atoms with Crippen LogP contribution in [0, 0.1) is 0 Å². The minimum Gasteiger partial charge on any atom is -0.465 e. The first-order valence-corrected chi connectivity index (χ1v) is 10.7. The summed E-state index contributed by atoms with van der Waals surface area (Å²) in [6.07, 6.45) is 1.21. The Morgan fingerprint density at radius 3 is 2.62 bits per heavy atom. The van der Waals surface area contributed by atoms with E-state index in [0.717, 1.165) is 16.8 Å². The van der Waals surface area contributed by atoms with Gasteiger partial charge in [-0.3, -0.25) is 9.59 Å². The van der Waals surface area contributed by atoms with Crippen LogP contribution in [0.4, 0.5) is 4.79 Å². The van der Waals surface area contributed by atoms with Gasteiger partial charge in [0.15, 0.2) is 11.9 Å². The van der Waals surface area contributed by atoms with Crippen molar-refractivity contribution in [2.24, 2.45) is 5.73 Å². The number of nitrogens with two attached hydrogens (primary N) is 1. The molecule has 3 aromatic rings. The number of benzene rings is 1. The van der Waals surface area contributed by atoms with Gasteiger partial charge >= 0.3 is 6.09 Å². The van der Waals surface area contributed by atoms with Crippen LogP contribution < -0.4 is 11.1 Å². The van der Waals surface area contributed by atoms with Crippen molar-refractivity contribution in [3.8, 4) is 5.82 Å². The predicted molar refractivity (Wildman–Crippen MR) is 120 cm³/mol. The zero-order valence-electron chi connectivity index (χ0n) is 18.2. The zero-order chi connectivity index (χ0) is 24.2. The molecule has 2 atom stereocenters. The molecule has 0 saturated carbocycles. The van der Waals surface area contributed by atoms with Crippen molar-refractivity contribution < 1.29 is 24.6 Å². The molecule has 0 saturated heterocycles. The van der Waals surface area contributed by atoms with Gasteiger partial charge in [-0.2, -0.15) is 5.10 Å². The fourth-order valence-electron chi connectivity index (χ4n) is 3.90. The number of aliphatic hydroxyl groups excluding tert-OH is 1. The molecule has 4 rings (SSSR count). The van der Waals surface area contributed by atoms with E-state index in [4.69, 9.17) is 5.73 Å². The van der Waals surface area contributed by atoms with E-state index in [-0.39, 0.29) is 24.3 Å². The molecule has 11 nitrogen and oxygen atoms in total. The lowest BCUT2D eigenvalue weighted by Crippen LogP contribution is -2.50. The van der Waals surface area contributed by atoms with Crippen LogP contribution in [0.2, 0.25) is 0 Å². The van der Waals surface area contributed by atoms with E-state index in [9.17, 15) is 24.6 Å². The van der Waals surface area contributed by atoms with Crippen molar-refractivity contribution in [1.29, 1.82) is 0 Å². The molecule has 3 amide bonds. The number of aliphatic hydroxyl groups is 1. The maximum Gasteiger partial charge on any atom is 0.407 e. The number of nitrogens with one attached hydrogen (secondary N) is 1. The number of carbonyl (C=O) groups excluding carboxylic acids is 2. The van der Waals surface area contributed by atoms with E-state index in [1.807, 2.05) is 30.3 Å². The van der Waals surface area contributed by atoms with Crippen molar-refractivity contribution in [2.75, 3.05) is 6.54 Å². The molecule has 1 aliphatic heterocycles. The summed E-state index contributed by atoms with van der Waals surface area (Å²) in [5.74, 6) is -1.27. The number of carbonyl (C=O) groups is 3. The Bertz CT molecular complexity index is 1210. The second-order valence-electron chi connectivity index (χ2n) is 7.99. The van der Waals surface area contributed by atoms with Crippen LogP contribution in [-0.2, 0) is 24.2 Å². The molecule has 0 radical (unpaired) electrons. The molecule has 176 valence electrons. The van der Waals surface area contributed by atoms with E-state index in [1.165, 1.54) is 15.8 Å². The molecule has 1 aliphatic rings. The smallest absolute Gasteiger partial charge is 0.407 e. The quantitative estimate of drug-likeness (QED) is 0.395. The largest absolute Gasteiger partial charge is 0.465 e. The lowest BCUT2D eigenvalue weighted by Gasteiger charge is -2.22. The topological polar surface area (TPSA) is 164 Å². The van der Waals surface area contributed by atoms with Crippen LogP contribution in [-0.4, -0.2) is 66.5 Å². The highest BCUT2D eigenvalue weighted by molar-refractivity contribution is 5.97. The number of fused-ring (bicyclic) bond motifs is 1. The SMILES string of the molecule is NC(=O)C(O)C(Cc1ccccc1)NC(=O)c1cccnc1-n1cc2c(n1)CCN(C(=O)O)C2. The third-order valence-electron chi connectivity index (χ3n) is 5.66. The van der Waals surface area contributed by atoms with Gasteiger partial charge in [0, 0.05) is 30.9 Å². The number of hydrogen-bond donors (Lipinski definition) is 4. The Morgan fingerprint density at radius 1 is 1.15 bits per heavy atom. The highest BCUT2D eigenvalue weighted by atomic mass is 16.4. The van der Waals surface area contributed by atoms with Gasteiger partial charge in [-0.15, -0.1) is 0 Å².